The molecule has 0 heterocycles. The molecule has 0 bridgehead atoms. The van der Waals surface area contributed by atoms with Crippen molar-refractivity contribution in [3.05, 3.63) is 64.1 Å². The van der Waals surface area contributed by atoms with Gasteiger partial charge in [-0.1, -0.05) is 40.2 Å². The largest absolute Gasteiger partial charge is 0.480 e. The van der Waals surface area contributed by atoms with E-state index in [1.165, 1.54) is 0 Å². The van der Waals surface area contributed by atoms with Crippen LogP contribution in [0.4, 0.5) is 0 Å². The molecule has 1 atom stereocenters. The maximum absolute atomic E-state index is 12.9. The highest BCUT2D eigenvalue weighted by atomic mass is 79.9. The van der Waals surface area contributed by atoms with E-state index in [9.17, 15) is 4.79 Å². The number of ether oxygens (including phenoxy) is 1. The van der Waals surface area contributed by atoms with Crippen LogP contribution in [0.5, 0.6) is 5.75 Å². The summed E-state index contributed by atoms with van der Waals surface area (Å²) in [6.45, 7) is 2.31. The molecule has 1 amide bonds. The number of benzene rings is 2. The van der Waals surface area contributed by atoms with Crippen LogP contribution >= 0.6 is 15.9 Å². The van der Waals surface area contributed by atoms with Gasteiger partial charge >= 0.3 is 0 Å². The van der Waals surface area contributed by atoms with E-state index in [1.807, 2.05) is 29.2 Å². The molecule has 1 fully saturated rings. The highest BCUT2D eigenvalue weighted by Crippen LogP contribution is 2.30. The monoisotopic (exact) mass is 398 g/mol. The first-order valence-electron chi connectivity index (χ1n) is 8.29. The summed E-state index contributed by atoms with van der Waals surface area (Å²) in [7, 11) is 0. The van der Waals surface area contributed by atoms with Gasteiger partial charge in [-0.15, -0.1) is 0 Å². The highest BCUT2D eigenvalue weighted by Gasteiger charge is 2.35. The van der Waals surface area contributed by atoms with Gasteiger partial charge in [-0.2, -0.15) is 5.26 Å². The van der Waals surface area contributed by atoms with Gasteiger partial charge in [0, 0.05) is 17.1 Å². The number of carbonyl (C=O) groups excluding carboxylic acids is 1. The molecular weight excluding hydrogens is 380 g/mol. The lowest BCUT2D eigenvalue weighted by molar-refractivity contribution is -0.139. The SMILES string of the molecule is CC(Oc1ccccc1C#N)C(=O)N(Cc1cccc(Br)c1)C1CC1. The summed E-state index contributed by atoms with van der Waals surface area (Å²) in [4.78, 5) is 14.8. The van der Waals surface area contributed by atoms with E-state index in [1.54, 1.807) is 31.2 Å². The Balaban J connectivity index is 1.73. The third-order valence-electron chi connectivity index (χ3n) is 4.17. The predicted molar refractivity (Wildman–Crippen MR) is 99.0 cm³/mol. The summed E-state index contributed by atoms with van der Waals surface area (Å²) < 4.78 is 6.80. The van der Waals surface area contributed by atoms with Crippen molar-refractivity contribution in [2.75, 3.05) is 0 Å². The van der Waals surface area contributed by atoms with Crippen LogP contribution in [0.25, 0.3) is 0 Å². The number of rotatable bonds is 6. The fraction of sp³-hybridized carbons (Fsp3) is 0.300. The summed E-state index contributed by atoms with van der Waals surface area (Å²) in [5, 5.41) is 9.17. The number of para-hydroxylation sites is 1. The molecule has 0 spiro atoms. The van der Waals surface area contributed by atoms with Crippen LogP contribution in [0.3, 0.4) is 0 Å². The molecule has 0 N–H and O–H groups in total. The van der Waals surface area contributed by atoms with E-state index < -0.39 is 6.10 Å². The first-order valence-corrected chi connectivity index (χ1v) is 9.08. The third kappa shape index (κ3) is 4.40. The number of hydrogen-bond acceptors (Lipinski definition) is 3. The van der Waals surface area contributed by atoms with Crippen molar-refractivity contribution < 1.29 is 9.53 Å². The Morgan fingerprint density at radius 3 is 2.76 bits per heavy atom. The minimum Gasteiger partial charge on any atom is -0.480 e. The van der Waals surface area contributed by atoms with Crippen LogP contribution < -0.4 is 4.74 Å². The van der Waals surface area contributed by atoms with Gasteiger partial charge in [-0.3, -0.25) is 4.79 Å². The lowest BCUT2D eigenvalue weighted by atomic mass is 10.2. The van der Waals surface area contributed by atoms with E-state index in [4.69, 9.17) is 10.00 Å². The molecule has 0 saturated heterocycles. The molecule has 2 aromatic carbocycles. The van der Waals surface area contributed by atoms with Gasteiger partial charge in [0.2, 0.25) is 0 Å². The van der Waals surface area contributed by atoms with Crippen molar-refractivity contribution in [1.82, 2.24) is 4.90 Å². The second-order valence-electron chi connectivity index (χ2n) is 6.20. The Hall–Kier alpha value is -2.32. The van der Waals surface area contributed by atoms with Crippen LogP contribution in [-0.4, -0.2) is 23.0 Å². The zero-order valence-corrected chi connectivity index (χ0v) is 15.6. The van der Waals surface area contributed by atoms with Crippen LogP contribution in [0, 0.1) is 11.3 Å². The van der Waals surface area contributed by atoms with Crippen LogP contribution in [0.2, 0.25) is 0 Å². The number of nitriles is 1. The zero-order chi connectivity index (χ0) is 17.8. The van der Waals surface area contributed by atoms with Gasteiger partial charge < -0.3 is 9.64 Å². The van der Waals surface area contributed by atoms with E-state index in [-0.39, 0.29) is 11.9 Å². The summed E-state index contributed by atoms with van der Waals surface area (Å²) in [5.41, 5.74) is 1.52. The summed E-state index contributed by atoms with van der Waals surface area (Å²) in [6.07, 6.45) is 1.42. The first-order chi connectivity index (χ1) is 12.1. The quantitative estimate of drug-likeness (QED) is 0.729. The topological polar surface area (TPSA) is 53.3 Å². The maximum atomic E-state index is 12.9. The van der Waals surface area contributed by atoms with E-state index in [0.717, 1.165) is 22.9 Å². The Bertz CT molecular complexity index is 811. The van der Waals surface area contributed by atoms with Crippen LogP contribution in [-0.2, 0) is 11.3 Å². The van der Waals surface area contributed by atoms with E-state index in [2.05, 4.69) is 22.0 Å². The molecule has 2 aromatic rings. The summed E-state index contributed by atoms with van der Waals surface area (Å²) in [5.74, 6) is 0.402. The zero-order valence-electron chi connectivity index (χ0n) is 14.0. The summed E-state index contributed by atoms with van der Waals surface area (Å²) >= 11 is 3.47. The molecule has 0 aromatic heterocycles. The van der Waals surface area contributed by atoms with Gasteiger partial charge in [0.15, 0.2) is 6.10 Å². The van der Waals surface area contributed by atoms with Crippen molar-refractivity contribution in [2.45, 2.75) is 38.5 Å². The number of nitrogens with zero attached hydrogens (tertiary/aromatic N) is 2. The second kappa shape index (κ2) is 7.71. The van der Waals surface area contributed by atoms with Crippen LogP contribution in [0.15, 0.2) is 53.0 Å². The Kier molecular flexibility index (Phi) is 5.40. The molecule has 128 valence electrons. The fourth-order valence-corrected chi connectivity index (χ4v) is 3.19. The fourth-order valence-electron chi connectivity index (χ4n) is 2.74. The lowest BCUT2D eigenvalue weighted by Gasteiger charge is -2.26. The van der Waals surface area contributed by atoms with Gasteiger partial charge in [-0.05, 0) is 49.6 Å². The van der Waals surface area contributed by atoms with Crippen molar-refractivity contribution >= 4 is 21.8 Å². The minimum absolute atomic E-state index is 0.0461. The molecule has 1 aliphatic carbocycles. The van der Waals surface area contributed by atoms with Gasteiger partial charge in [-0.25, -0.2) is 0 Å². The molecule has 25 heavy (non-hydrogen) atoms. The lowest BCUT2D eigenvalue weighted by Crippen LogP contribution is -2.41. The van der Waals surface area contributed by atoms with Gasteiger partial charge in [0.1, 0.15) is 11.8 Å². The average Bonchev–Trinajstić information content (AvgIpc) is 3.44. The number of hydrogen-bond donors (Lipinski definition) is 0. The van der Waals surface area contributed by atoms with Gasteiger partial charge in [0.05, 0.1) is 5.56 Å². The van der Waals surface area contributed by atoms with Crippen molar-refractivity contribution in [1.29, 1.82) is 5.26 Å². The van der Waals surface area contributed by atoms with E-state index >= 15 is 0 Å². The molecule has 1 unspecified atom stereocenters. The molecule has 0 radical (unpaired) electrons. The van der Waals surface area contributed by atoms with Gasteiger partial charge in [0.25, 0.3) is 5.91 Å². The number of amides is 1. The van der Waals surface area contributed by atoms with E-state index in [0.29, 0.717) is 17.9 Å². The molecule has 3 rings (SSSR count). The Morgan fingerprint density at radius 1 is 1.32 bits per heavy atom. The van der Waals surface area contributed by atoms with Crippen molar-refractivity contribution in [3.8, 4) is 11.8 Å². The molecule has 4 nitrogen and oxygen atoms in total. The molecule has 1 aliphatic rings. The second-order valence-corrected chi connectivity index (χ2v) is 7.11. The maximum Gasteiger partial charge on any atom is 0.263 e. The van der Waals surface area contributed by atoms with Crippen LogP contribution in [0.1, 0.15) is 30.9 Å². The number of halogens is 1. The summed E-state index contributed by atoms with van der Waals surface area (Å²) in [6, 6.07) is 17.3. The van der Waals surface area contributed by atoms with Crippen molar-refractivity contribution in [3.63, 3.8) is 0 Å². The molecule has 5 heteroatoms. The normalized spacial score (nSPS) is 14.4. The predicted octanol–water partition coefficient (Wildman–Crippen LogP) is 4.28. The Labute approximate surface area is 156 Å². The van der Waals surface area contributed by atoms with Crippen molar-refractivity contribution in [2.24, 2.45) is 0 Å². The first kappa shape index (κ1) is 17.5. The standard InChI is InChI=1S/C20H19BrN2O2/c1-14(25-19-8-3-2-6-16(19)12-22)20(24)23(18-9-10-18)13-15-5-4-7-17(21)11-15/h2-8,11,14,18H,9-10,13H2,1H3. The third-order valence-corrected chi connectivity index (χ3v) is 4.66. The number of carbonyl (C=O) groups is 1. The minimum atomic E-state index is -0.637. The Morgan fingerprint density at radius 2 is 2.08 bits per heavy atom. The molecule has 1 saturated carbocycles. The highest BCUT2D eigenvalue weighted by molar-refractivity contribution is 9.10. The average molecular weight is 399 g/mol. The molecular formula is C20H19BrN2O2. The molecule has 0 aliphatic heterocycles. The smallest absolute Gasteiger partial charge is 0.263 e.